The molecule has 0 radical (unpaired) electrons. The van der Waals surface area contributed by atoms with Gasteiger partial charge in [0, 0.05) is 26.2 Å². The Kier molecular flexibility index (Phi) is 3.74. The molecule has 1 aromatic rings. The molecule has 2 saturated heterocycles. The topological polar surface area (TPSA) is 75.1 Å². The third-order valence-electron chi connectivity index (χ3n) is 3.82. The van der Waals surface area contributed by atoms with E-state index in [2.05, 4.69) is 20.9 Å². The number of aromatic nitrogens is 3. The van der Waals surface area contributed by atoms with E-state index < -0.39 is 0 Å². The summed E-state index contributed by atoms with van der Waals surface area (Å²) in [6.07, 6.45) is 3.90. The monoisotopic (exact) mass is 264 g/mol. The molecule has 0 unspecified atom stereocenters. The quantitative estimate of drug-likeness (QED) is 0.735. The normalized spacial score (nSPS) is 21.6. The Morgan fingerprint density at radius 3 is 2.58 bits per heavy atom. The van der Waals surface area contributed by atoms with Gasteiger partial charge in [0.1, 0.15) is 0 Å². The van der Waals surface area contributed by atoms with Gasteiger partial charge in [0.2, 0.25) is 0 Å². The molecule has 0 aliphatic carbocycles. The number of piperazine rings is 1. The van der Waals surface area contributed by atoms with Gasteiger partial charge in [0.15, 0.2) is 5.69 Å². The fraction of sp³-hybridized carbons (Fsp3) is 0.750. The SMILES string of the molecule is O=C(c1cn(C2CCNCC2)nn1)N1CCNCC1. The van der Waals surface area contributed by atoms with Crippen molar-refractivity contribution in [2.24, 2.45) is 0 Å². The molecule has 19 heavy (non-hydrogen) atoms. The molecule has 1 aromatic heterocycles. The summed E-state index contributed by atoms with van der Waals surface area (Å²) in [5, 5.41) is 14.7. The van der Waals surface area contributed by atoms with Crippen molar-refractivity contribution in [3.8, 4) is 0 Å². The van der Waals surface area contributed by atoms with Crippen LogP contribution in [0.1, 0.15) is 29.4 Å². The molecule has 3 heterocycles. The number of carbonyl (C=O) groups excluding carboxylic acids is 1. The van der Waals surface area contributed by atoms with E-state index in [1.165, 1.54) is 0 Å². The number of carbonyl (C=O) groups is 1. The maximum absolute atomic E-state index is 12.3. The molecular weight excluding hydrogens is 244 g/mol. The first-order chi connectivity index (χ1) is 9.34. The average molecular weight is 264 g/mol. The zero-order chi connectivity index (χ0) is 13.1. The Bertz CT molecular complexity index is 433. The van der Waals surface area contributed by atoms with Crippen LogP contribution in [0.5, 0.6) is 0 Å². The predicted molar refractivity (Wildman–Crippen MR) is 69.9 cm³/mol. The number of hydrogen-bond donors (Lipinski definition) is 2. The molecule has 2 fully saturated rings. The summed E-state index contributed by atoms with van der Waals surface area (Å²) in [6.45, 7) is 5.22. The van der Waals surface area contributed by atoms with E-state index in [1.54, 1.807) is 6.20 Å². The number of rotatable bonds is 2. The number of nitrogens with one attached hydrogen (secondary N) is 2. The third kappa shape index (κ3) is 2.76. The molecule has 0 atom stereocenters. The van der Waals surface area contributed by atoms with Gasteiger partial charge in [-0.25, -0.2) is 4.68 Å². The molecule has 2 aliphatic heterocycles. The van der Waals surface area contributed by atoms with E-state index >= 15 is 0 Å². The first-order valence-corrected chi connectivity index (χ1v) is 6.97. The lowest BCUT2D eigenvalue weighted by Crippen LogP contribution is -2.46. The summed E-state index contributed by atoms with van der Waals surface area (Å²) in [5.41, 5.74) is 0.473. The highest BCUT2D eigenvalue weighted by Crippen LogP contribution is 2.17. The summed E-state index contributed by atoms with van der Waals surface area (Å²) in [7, 11) is 0. The maximum Gasteiger partial charge on any atom is 0.276 e. The molecule has 7 nitrogen and oxygen atoms in total. The highest BCUT2D eigenvalue weighted by atomic mass is 16.2. The number of nitrogens with zero attached hydrogens (tertiary/aromatic N) is 4. The van der Waals surface area contributed by atoms with Crippen molar-refractivity contribution in [2.45, 2.75) is 18.9 Å². The zero-order valence-electron chi connectivity index (χ0n) is 11.0. The van der Waals surface area contributed by atoms with Crippen molar-refractivity contribution >= 4 is 5.91 Å². The van der Waals surface area contributed by atoms with Crippen LogP contribution in [0.2, 0.25) is 0 Å². The Morgan fingerprint density at radius 1 is 1.16 bits per heavy atom. The second-order valence-corrected chi connectivity index (χ2v) is 5.11. The molecular formula is C12H20N6O. The fourth-order valence-corrected chi connectivity index (χ4v) is 2.65. The van der Waals surface area contributed by atoms with Gasteiger partial charge >= 0.3 is 0 Å². The van der Waals surface area contributed by atoms with Gasteiger partial charge in [0.25, 0.3) is 5.91 Å². The molecule has 2 aliphatic rings. The fourth-order valence-electron chi connectivity index (χ4n) is 2.65. The van der Waals surface area contributed by atoms with E-state index in [4.69, 9.17) is 0 Å². The molecule has 0 aromatic carbocycles. The summed E-state index contributed by atoms with van der Waals surface area (Å²) in [6, 6.07) is 0.373. The number of amides is 1. The van der Waals surface area contributed by atoms with E-state index in [9.17, 15) is 4.79 Å². The molecule has 1 amide bonds. The predicted octanol–water partition coefficient (Wildman–Crippen LogP) is -0.752. The van der Waals surface area contributed by atoms with Gasteiger partial charge in [-0.05, 0) is 25.9 Å². The standard InChI is InChI=1S/C12H20N6O/c19-12(17-7-5-14-6-8-17)11-9-18(16-15-11)10-1-3-13-4-2-10/h9-10,13-14H,1-8H2. The Labute approximate surface area is 112 Å². The lowest BCUT2D eigenvalue weighted by Gasteiger charge is -2.26. The molecule has 3 rings (SSSR count). The van der Waals surface area contributed by atoms with Crippen molar-refractivity contribution in [1.29, 1.82) is 0 Å². The minimum atomic E-state index is 0.00156. The molecule has 7 heteroatoms. The second-order valence-electron chi connectivity index (χ2n) is 5.11. The van der Waals surface area contributed by atoms with E-state index in [0.29, 0.717) is 11.7 Å². The Hall–Kier alpha value is -1.47. The summed E-state index contributed by atoms with van der Waals surface area (Å²) < 4.78 is 1.86. The van der Waals surface area contributed by atoms with Gasteiger partial charge in [-0.3, -0.25) is 4.79 Å². The minimum Gasteiger partial charge on any atom is -0.335 e. The molecule has 0 bridgehead atoms. The van der Waals surface area contributed by atoms with Crippen LogP contribution in [0.25, 0.3) is 0 Å². The average Bonchev–Trinajstić information content (AvgIpc) is 2.98. The largest absolute Gasteiger partial charge is 0.335 e. The van der Waals surface area contributed by atoms with Crippen LogP contribution >= 0.6 is 0 Å². The first kappa shape index (κ1) is 12.6. The second kappa shape index (κ2) is 5.66. The lowest BCUT2D eigenvalue weighted by atomic mass is 10.1. The highest BCUT2D eigenvalue weighted by Gasteiger charge is 2.23. The van der Waals surface area contributed by atoms with E-state index in [-0.39, 0.29) is 5.91 Å². The van der Waals surface area contributed by atoms with Crippen molar-refractivity contribution in [2.75, 3.05) is 39.3 Å². The maximum atomic E-state index is 12.3. The number of hydrogen-bond acceptors (Lipinski definition) is 5. The molecule has 0 spiro atoms. The molecule has 0 saturated carbocycles. The Balaban J connectivity index is 1.67. The third-order valence-corrected chi connectivity index (χ3v) is 3.82. The smallest absolute Gasteiger partial charge is 0.276 e. The van der Waals surface area contributed by atoms with Crippen molar-refractivity contribution in [3.05, 3.63) is 11.9 Å². The van der Waals surface area contributed by atoms with Crippen LogP contribution in [-0.2, 0) is 0 Å². The summed E-state index contributed by atoms with van der Waals surface area (Å²) >= 11 is 0. The molecule has 104 valence electrons. The van der Waals surface area contributed by atoms with E-state index in [1.807, 2.05) is 9.58 Å². The van der Waals surface area contributed by atoms with Crippen LogP contribution in [0, 0.1) is 0 Å². The van der Waals surface area contributed by atoms with Crippen LogP contribution in [0.4, 0.5) is 0 Å². The Morgan fingerprint density at radius 2 is 1.84 bits per heavy atom. The summed E-state index contributed by atoms with van der Waals surface area (Å²) in [5.74, 6) is 0.00156. The van der Waals surface area contributed by atoms with Crippen LogP contribution in [0.15, 0.2) is 6.20 Å². The van der Waals surface area contributed by atoms with Gasteiger partial charge in [-0.15, -0.1) is 5.10 Å². The van der Waals surface area contributed by atoms with Gasteiger partial charge in [-0.1, -0.05) is 5.21 Å². The lowest BCUT2D eigenvalue weighted by molar-refractivity contribution is 0.0729. The van der Waals surface area contributed by atoms with Crippen molar-refractivity contribution in [3.63, 3.8) is 0 Å². The van der Waals surface area contributed by atoms with Crippen LogP contribution < -0.4 is 10.6 Å². The first-order valence-electron chi connectivity index (χ1n) is 6.97. The highest BCUT2D eigenvalue weighted by molar-refractivity contribution is 5.92. The molecule has 2 N–H and O–H groups in total. The van der Waals surface area contributed by atoms with Gasteiger partial charge < -0.3 is 15.5 Å². The van der Waals surface area contributed by atoms with Gasteiger partial charge in [0.05, 0.1) is 12.2 Å². The zero-order valence-corrected chi connectivity index (χ0v) is 11.0. The number of piperidine rings is 1. The van der Waals surface area contributed by atoms with Crippen LogP contribution in [0.3, 0.4) is 0 Å². The van der Waals surface area contributed by atoms with Crippen molar-refractivity contribution < 1.29 is 4.79 Å². The van der Waals surface area contributed by atoms with Gasteiger partial charge in [-0.2, -0.15) is 0 Å². The van der Waals surface area contributed by atoms with E-state index in [0.717, 1.165) is 52.1 Å². The minimum absolute atomic E-state index is 0.00156. The van der Waals surface area contributed by atoms with Crippen molar-refractivity contribution in [1.82, 2.24) is 30.5 Å². The summed E-state index contributed by atoms with van der Waals surface area (Å²) in [4.78, 5) is 14.1. The van der Waals surface area contributed by atoms with Crippen LogP contribution in [-0.4, -0.2) is 65.1 Å².